The summed E-state index contributed by atoms with van der Waals surface area (Å²) in [5.41, 5.74) is -1.90. The molecule has 2 atom stereocenters. The minimum atomic E-state index is -1.20. The lowest BCUT2D eigenvalue weighted by Gasteiger charge is -2.50. The van der Waals surface area contributed by atoms with Crippen molar-refractivity contribution in [3.05, 3.63) is 11.1 Å². The van der Waals surface area contributed by atoms with Gasteiger partial charge in [-0.1, -0.05) is 32.9 Å². The average molecular weight is 672 g/mol. The molecule has 2 heterocycles. The number of β-lactam (4-membered cyclic amide) rings is 1. The SMILES string of the molecule is COC(=O)OCC1C(NC(=O)/C(=N\OCC(=O)OC(C)(C)C)c2csc(NC(=O)OC(C)(C)C)n2)C(=O)N1[SiH2]C(C)(C)C(C)C. The highest BCUT2D eigenvalue weighted by Crippen LogP contribution is 2.36. The van der Waals surface area contributed by atoms with Crippen LogP contribution < -0.4 is 10.6 Å². The molecule has 0 radical (unpaired) electrons. The van der Waals surface area contributed by atoms with Crippen molar-refractivity contribution in [2.75, 3.05) is 25.6 Å². The Bertz CT molecular complexity index is 1290. The molecule has 1 aliphatic rings. The predicted octanol–water partition coefficient (Wildman–Crippen LogP) is 2.97. The van der Waals surface area contributed by atoms with Gasteiger partial charge in [-0.15, -0.1) is 11.3 Å². The van der Waals surface area contributed by atoms with Crippen LogP contribution in [0.1, 0.15) is 74.9 Å². The number of esters is 1. The van der Waals surface area contributed by atoms with Crippen molar-refractivity contribution in [1.82, 2.24) is 14.9 Å². The van der Waals surface area contributed by atoms with E-state index in [9.17, 15) is 24.0 Å². The van der Waals surface area contributed by atoms with Crippen LogP contribution in [0, 0.1) is 5.92 Å². The maximum Gasteiger partial charge on any atom is 0.508 e. The Labute approximate surface area is 269 Å². The van der Waals surface area contributed by atoms with E-state index in [0.717, 1.165) is 11.3 Å². The number of amides is 3. The van der Waals surface area contributed by atoms with Gasteiger partial charge in [0.05, 0.1) is 13.2 Å². The lowest BCUT2D eigenvalue weighted by atomic mass is 9.98. The molecule has 2 rings (SSSR count). The number of rotatable bonds is 12. The summed E-state index contributed by atoms with van der Waals surface area (Å²) in [5, 5.41) is 10.4. The van der Waals surface area contributed by atoms with Gasteiger partial charge in [0.2, 0.25) is 12.5 Å². The number of anilines is 1. The molecular formula is C28H45N5O10SSi. The van der Waals surface area contributed by atoms with Gasteiger partial charge < -0.3 is 33.7 Å². The normalized spacial score (nSPS) is 17.6. The first kappa shape index (κ1) is 37.5. The second kappa shape index (κ2) is 15.0. The molecule has 45 heavy (non-hydrogen) atoms. The van der Waals surface area contributed by atoms with Gasteiger partial charge in [0, 0.05) is 5.38 Å². The molecule has 0 aliphatic carbocycles. The Morgan fingerprint density at radius 1 is 1.07 bits per heavy atom. The lowest BCUT2D eigenvalue weighted by Crippen LogP contribution is -2.74. The topological polar surface area (TPSA) is 184 Å². The smallest absolute Gasteiger partial charge is 0.457 e. The Morgan fingerprint density at radius 2 is 1.69 bits per heavy atom. The molecule has 2 unspecified atom stereocenters. The van der Waals surface area contributed by atoms with E-state index < -0.39 is 63.7 Å². The predicted molar refractivity (Wildman–Crippen MR) is 169 cm³/mol. The van der Waals surface area contributed by atoms with Gasteiger partial charge in [-0.25, -0.2) is 19.4 Å². The molecule has 1 fully saturated rings. The second-order valence-corrected chi connectivity index (χ2v) is 17.0. The van der Waals surface area contributed by atoms with Gasteiger partial charge >= 0.3 is 18.2 Å². The monoisotopic (exact) mass is 671 g/mol. The summed E-state index contributed by atoms with van der Waals surface area (Å²) in [4.78, 5) is 72.4. The molecular weight excluding hydrogens is 626 g/mol. The summed E-state index contributed by atoms with van der Waals surface area (Å²) in [6.07, 6.45) is -1.68. The van der Waals surface area contributed by atoms with Crippen molar-refractivity contribution in [2.24, 2.45) is 11.1 Å². The highest BCUT2D eigenvalue weighted by molar-refractivity contribution is 7.14. The molecule has 15 nitrogen and oxygen atoms in total. The largest absolute Gasteiger partial charge is 0.508 e. The molecule has 0 aromatic carbocycles. The Morgan fingerprint density at radius 3 is 2.24 bits per heavy atom. The number of thiazole rings is 1. The summed E-state index contributed by atoms with van der Waals surface area (Å²) in [6.45, 7) is 17.6. The summed E-state index contributed by atoms with van der Waals surface area (Å²) in [7, 11) is -0.0365. The molecule has 0 bridgehead atoms. The van der Waals surface area contributed by atoms with Crippen molar-refractivity contribution < 1.29 is 47.8 Å². The molecule has 3 amide bonds. The molecule has 0 spiro atoms. The summed E-state index contributed by atoms with van der Waals surface area (Å²) in [6, 6.07) is -1.69. The number of ether oxygens (including phenoxy) is 4. The molecule has 2 N–H and O–H groups in total. The maximum absolute atomic E-state index is 13.6. The van der Waals surface area contributed by atoms with Gasteiger partial charge in [-0.05, 0) is 52.5 Å². The van der Waals surface area contributed by atoms with Crippen LogP contribution in [-0.4, -0.2) is 98.6 Å². The van der Waals surface area contributed by atoms with E-state index in [1.54, 1.807) is 46.1 Å². The maximum atomic E-state index is 13.6. The quantitative estimate of drug-likeness (QED) is 0.0832. The molecule has 1 aliphatic heterocycles. The zero-order valence-electron chi connectivity index (χ0n) is 27.8. The third-order valence-corrected chi connectivity index (χ3v) is 10.1. The van der Waals surface area contributed by atoms with Crippen LogP contribution >= 0.6 is 11.3 Å². The molecule has 1 aromatic rings. The van der Waals surface area contributed by atoms with Crippen molar-refractivity contribution in [3.63, 3.8) is 0 Å². The number of carbonyl (C=O) groups excluding carboxylic acids is 5. The van der Waals surface area contributed by atoms with Gasteiger partial charge in [-0.2, -0.15) is 0 Å². The number of hydrogen-bond acceptors (Lipinski definition) is 13. The fraction of sp³-hybridized carbons (Fsp3) is 0.679. The third-order valence-electron chi connectivity index (χ3n) is 6.63. The first-order valence-corrected chi connectivity index (χ1v) is 16.5. The zero-order chi connectivity index (χ0) is 34.3. The molecule has 0 saturated carbocycles. The zero-order valence-corrected chi connectivity index (χ0v) is 30.0. The number of aromatic nitrogens is 1. The van der Waals surface area contributed by atoms with Crippen LogP contribution in [-0.2, 0) is 38.2 Å². The molecule has 17 heteroatoms. The number of carbonyl (C=O) groups is 5. The highest BCUT2D eigenvalue weighted by atomic mass is 32.1. The summed E-state index contributed by atoms with van der Waals surface area (Å²) >= 11 is 0.988. The first-order valence-electron chi connectivity index (χ1n) is 14.3. The highest BCUT2D eigenvalue weighted by Gasteiger charge is 2.50. The van der Waals surface area contributed by atoms with Crippen LogP contribution in [0.2, 0.25) is 5.04 Å². The van der Waals surface area contributed by atoms with Gasteiger partial charge in [0.25, 0.3) is 5.91 Å². The fourth-order valence-electron chi connectivity index (χ4n) is 3.74. The summed E-state index contributed by atoms with van der Waals surface area (Å²) in [5.74, 6) is -1.62. The van der Waals surface area contributed by atoms with Gasteiger partial charge in [-0.3, -0.25) is 14.9 Å². The van der Waals surface area contributed by atoms with Crippen LogP contribution in [0.15, 0.2) is 10.5 Å². The lowest BCUT2D eigenvalue weighted by molar-refractivity contribution is -0.160. The van der Waals surface area contributed by atoms with Crippen molar-refractivity contribution in [1.29, 1.82) is 0 Å². The first-order chi connectivity index (χ1) is 20.6. The minimum absolute atomic E-state index is 0.00551. The molecule has 1 saturated heterocycles. The van der Waals surface area contributed by atoms with E-state index in [-0.39, 0.29) is 40.0 Å². The van der Waals surface area contributed by atoms with Crippen molar-refractivity contribution in [3.8, 4) is 0 Å². The summed E-state index contributed by atoms with van der Waals surface area (Å²) < 4.78 is 21.9. The van der Waals surface area contributed by atoms with E-state index in [1.165, 1.54) is 12.5 Å². The average Bonchev–Trinajstić information content (AvgIpc) is 3.34. The second-order valence-electron chi connectivity index (χ2n) is 13.4. The Kier molecular flexibility index (Phi) is 12.5. The number of nitrogens with zero attached hydrogens (tertiary/aromatic N) is 3. The fourth-order valence-corrected chi connectivity index (χ4v) is 6.57. The molecule has 1 aromatic heterocycles. The van der Waals surface area contributed by atoms with E-state index in [4.69, 9.17) is 19.0 Å². The number of oxime groups is 1. The van der Waals surface area contributed by atoms with Gasteiger partial charge in [0.1, 0.15) is 39.2 Å². The molecule has 252 valence electrons. The minimum Gasteiger partial charge on any atom is -0.457 e. The van der Waals surface area contributed by atoms with Crippen molar-refractivity contribution in [2.45, 2.75) is 97.6 Å². The number of hydrogen-bond donors (Lipinski definition) is 2. The number of nitrogens with one attached hydrogen (secondary N) is 2. The van der Waals surface area contributed by atoms with Crippen LogP contribution in [0.4, 0.5) is 14.7 Å². The van der Waals surface area contributed by atoms with E-state index in [2.05, 4.69) is 53.2 Å². The Balaban J connectivity index is 2.32. The Hall–Kier alpha value is -3.73. The van der Waals surface area contributed by atoms with Crippen molar-refractivity contribution >= 4 is 61.9 Å². The standard InChI is InChI=1S/C28H45N5O10SSi/c1-15(2)28(9,10)45-33-17(12-40-25(38)39-11)20(22(33)36)30-21(35)19(32-41-13-18(34)42-26(3,4)5)16-14-44-23(29-16)31-24(37)43-27(6,7)8/h14-15,17,20H,12-13,45H2,1-11H3,(H,30,35)(H,29,31,37)/b32-19-. The van der Waals surface area contributed by atoms with Crippen LogP contribution in [0.25, 0.3) is 0 Å². The van der Waals surface area contributed by atoms with E-state index >= 15 is 0 Å². The number of methoxy groups -OCH3 is 1. The van der Waals surface area contributed by atoms with E-state index in [1.807, 2.05) is 0 Å². The third kappa shape index (κ3) is 11.6. The van der Waals surface area contributed by atoms with Crippen LogP contribution in [0.3, 0.4) is 0 Å². The van der Waals surface area contributed by atoms with E-state index in [0.29, 0.717) is 0 Å². The van der Waals surface area contributed by atoms with Crippen LogP contribution in [0.5, 0.6) is 0 Å². The van der Waals surface area contributed by atoms with Gasteiger partial charge in [0.15, 0.2) is 10.8 Å².